The van der Waals surface area contributed by atoms with Crippen molar-refractivity contribution in [2.45, 2.75) is 26.2 Å². The van der Waals surface area contributed by atoms with E-state index in [9.17, 15) is 4.79 Å². The minimum atomic E-state index is -0.528. The zero-order valence-electron chi connectivity index (χ0n) is 16.4. The van der Waals surface area contributed by atoms with Gasteiger partial charge in [0.1, 0.15) is 17.0 Å². The SMILES string of the molecule is COC(=O)c1cc(OC)cc(OC)c1-c1nc2cc(C(C)(C)C)ccc2o1. The lowest BCUT2D eigenvalue weighted by molar-refractivity contribution is 0.0600. The summed E-state index contributed by atoms with van der Waals surface area (Å²) < 4.78 is 21.6. The fourth-order valence-electron chi connectivity index (χ4n) is 2.86. The molecule has 3 aromatic rings. The van der Waals surface area contributed by atoms with E-state index in [0.29, 0.717) is 28.2 Å². The lowest BCUT2D eigenvalue weighted by Gasteiger charge is -2.18. The van der Waals surface area contributed by atoms with Crippen LogP contribution < -0.4 is 9.47 Å². The first-order valence-corrected chi connectivity index (χ1v) is 8.54. The van der Waals surface area contributed by atoms with E-state index in [2.05, 4.69) is 25.8 Å². The van der Waals surface area contributed by atoms with Crippen molar-refractivity contribution in [3.8, 4) is 23.0 Å². The predicted molar refractivity (Wildman–Crippen MR) is 103 cm³/mol. The summed E-state index contributed by atoms with van der Waals surface area (Å²) in [5, 5.41) is 0. The normalized spacial score (nSPS) is 11.5. The van der Waals surface area contributed by atoms with Gasteiger partial charge in [-0.3, -0.25) is 0 Å². The van der Waals surface area contributed by atoms with Crippen molar-refractivity contribution < 1.29 is 23.4 Å². The number of methoxy groups -OCH3 is 3. The summed E-state index contributed by atoms with van der Waals surface area (Å²) in [6.45, 7) is 6.41. The summed E-state index contributed by atoms with van der Waals surface area (Å²) in [5.41, 5.74) is 3.17. The number of hydrogen-bond acceptors (Lipinski definition) is 6. The number of carbonyl (C=O) groups is 1. The number of fused-ring (bicyclic) bond motifs is 1. The minimum absolute atomic E-state index is 0.0116. The zero-order valence-corrected chi connectivity index (χ0v) is 16.4. The maximum absolute atomic E-state index is 12.3. The highest BCUT2D eigenvalue weighted by molar-refractivity contribution is 5.99. The predicted octanol–water partition coefficient (Wildman–Crippen LogP) is 4.60. The van der Waals surface area contributed by atoms with Crippen molar-refractivity contribution in [3.63, 3.8) is 0 Å². The second-order valence-corrected chi connectivity index (χ2v) is 7.20. The van der Waals surface area contributed by atoms with Crippen LogP contribution in [0.2, 0.25) is 0 Å². The van der Waals surface area contributed by atoms with E-state index in [-0.39, 0.29) is 16.9 Å². The number of ether oxygens (including phenoxy) is 3. The van der Waals surface area contributed by atoms with E-state index in [1.165, 1.54) is 21.3 Å². The van der Waals surface area contributed by atoms with Gasteiger partial charge in [0.25, 0.3) is 0 Å². The van der Waals surface area contributed by atoms with Gasteiger partial charge < -0.3 is 18.6 Å². The monoisotopic (exact) mass is 369 g/mol. The molecule has 0 spiro atoms. The van der Waals surface area contributed by atoms with Crippen LogP contribution in [-0.4, -0.2) is 32.3 Å². The van der Waals surface area contributed by atoms with E-state index >= 15 is 0 Å². The number of oxazole rings is 1. The fraction of sp³-hybridized carbons (Fsp3) is 0.333. The van der Waals surface area contributed by atoms with Gasteiger partial charge in [0, 0.05) is 6.07 Å². The van der Waals surface area contributed by atoms with Crippen molar-refractivity contribution >= 4 is 17.1 Å². The molecule has 142 valence electrons. The third-order valence-electron chi connectivity index (χ3n) is 4.40. The number of aromatic nitrogens is 1. The Balaban J connectivity index is 2.24. The van der Waals surface area contributed by atoms with Gasteiger partial charge in [0.05, 0.1) is 32.5 Å². The molecule has 0 unspecified atom stereocenters. The summed E-state index contributed by atoms with van der Waals surface area (Å²) in [4.78, 5) is 16.9. The van der Waals surface area contributed by atoms with Crippen LogP contribution in [0.15, 0.2) is 34.7 Å². The van der Waals surface area contributed by atoms with Gasteiger partial charge in [0.15, 0.2) is 5.58 Å². The fourth-order valence-corrected chi connectivity index (χ4v) is 2.86. The summed E-state index contributed by atoms with van der Waals surface area (Å²) >= 11 is 0. The van der Waals surface area contributed by atoms with Gasteiger partial charge in [0.2, 0.25) is 5.89 Å². The van der Waals surface area contributed by atoms with Gasteiger partial charge in [-0.05, 0) is 29.2 Å². The average molecular weight is 369 g/mol. The molecule has 0 bridgehead atoms. The van der Waals surface area contributed by atoms with E-state index in [0.717, 1.165) is 5.56 Å². The van der Waals surface area contributed by atoms with Gasteiger partial charge in [-0.25, -0.2) is 9.78 Å². The van der Waals surface area contributed by atoms with Crippen LogP contribution in [0, 0.1) is 0 Å². The largest absolute Gasteiger partial charge is 0.497 e. The molecule has 1 aromatic heterocycles. The van der Waals surface area contributed by atoms with E-state index in [1.54, 1.807) is 12.1 Å². The summed E-state index contributed by atoms with van der Waals surface area (Å²) in [6.07, 6.45) is 0. The van der Waals surface area contributed by atoms with Gasteiger partial charge >= 0.3 is 5.97 Å². The smallest absolute Gasteiger partial charge is 0.338 e. The highest BCUT2D eigenvalue weighted by atomic mass is 16.5. The van der Waals surface area contributed by atoms with Crippen molar-refractivity contribution in [1.82, 2.24) is 4.98 Å². The first-order valence-electron chi connectivity index (χ1n) is 8.54. The molecule has 6 heteroatoms. The van der Waals surface area contributed by atoms with Gasteiger partial charge in [-0.1, -0.05) is 26.8 Å². The third kappa shape index (κ3) is 3.47. The summed E-state index contributed by atoms with van der Waals surface area (Å²) in [6, 6.07) is 9.16. The standard InChI is InChI=1S/C21H23NO5/c1-21(2,3)12-7-8-16-15(9-12)22-19(27-16)18-14(20(23)26-6)10-13(24-4)11-17(18)25-5/h7-11H,1-6H3. The Morgan fingerprint density at radius 2 is 1.78 bits per heavy atom. The van der Waals surface area contributed by atoms with Crippen LogP contribution in [-0.2, 0) is 10.2 Å². The van der Waals surface area contributed by atoms with Crippen molar-refractivity contribution in [2.24, 2.45) is 0 Å². The Morgan fingerprint density at radius 1 is 1.04 bits per heavy atom. The first-order chi connectivity index (χ1) is 12.8. The summed E-state index contributed by atoms with van der Waals surface area (Å²) in [7, 11) is 4.35. The molecule has 1 heterocycles. The Kier molecular flexibility index (Phi) is 4.83. The number of carbonyl (C=O) groups excluding carboxylic acids is 1. The molecule has 27 heavy (non-hydrogen) atoms. The number of hydrogen-bond donors (Lipinski definition) is 0. The molecule has 0 N–H and O–H groups in total. The van der Waals surface area contributed by atoms with Crippen LogP contribution in [0.1, 0.15) is 36.7 Å². The number of benzene rings is 2. The van der Waals surface area contributed by atoms with Crippen LogP contribution in [0.5, 0.6) is 11.5 Å². The molecular weight excluding hydrogens is 346 g/mol. The van der Waals surface area contributed by atoms with Crippen molar-refractivity contribution in [1.29, 1.82) is 0 Å². The molecule has 0 fully saturated rings. The second-order valence-electron chi connectivity index (χ2n) is 7.20. The lowest BCUT2D eigenvalue weighted by Crippen LogP contribution is -2.10. The van der Waals surface area contributed by atoms with Crippen LogP contribution in [0.3, 0.4) is 0 Å². The molecule has 0 amide bonds. The maximum atomic E-state index is 12.3. The van der Waals surface area contributed by atoms with Gasteiger partial charge in [-0.2, -0.15) is 0 Å². The van der Waals surface area contributed by atoms with E-state index in [1.807, 2.05) is 18.2 Å². The molecule has 0 radical (unpaired) electrons. The summed E-state index contributed by atoms with van der Waals surface area (Å²) in [5.74, 6) is 0.648. The van der Waals surface area contributed by atoms with Crippen molar-refractivity contribution in [2.75, 3.05) is 21.3 Å². The molecule has 0 saturated carbocycles. The second kappa shape index (κ2) is 6.95. The molecule has 3 rings (SSSR count). The van der Waals surface area contributed by atoms with Gasteiger partial charge in [-0.15, -0.1) is 0 Å². The molecule has 0 aliphatic heterocycles. The number of esters is 1. The Morgan fingerprint density at radius 3 is 2.37 bits per heavy atom. The van der Waals surface area contributed by atoms with E-state index < -0.39 is 5.97 Å². The topological polar surface area (TPSA) is 70.8 Å². The minimum Gasteiger partial charge on any atom is -0.497 e. The van der Waals surface area contributed by atoms with Crippen LogP contribution in [0.25, 0.3) is 22.6 Å². The first kappa shape index (κ1) is 18.8. The molecule has 0 atom stereocenters. The zero-order chi connectivity index (χ0) is 19.8. The molecular formula is C21H23NO5. The molecule has 0 aliphatic rings. The highest BCUT2D eigenvalue weighted by Crippen LogP contribution is 2.39. The quantitative estimate of drug-likeness (QED) is 0.626. The Bertz CT molecular complexity index is 998. The highest BCUT2D eigenvalue weighted by Gasteiger charge is 2.25. The van der Waals surface area contributed by atoms with Crippen LogP contribution >= 0.6 is 0 Å². The number of rotatable bonds is 4. The lowest BCUT2D eigenvalue weighted by atomic mass is 9.87. The molecule has 2 aromatic carbocycles. The van der Waals surface area contributed by atoms with E-state index in [4.69, 9.17) is 18.6 Å². The maximum Gasteiger partial charge on any atom is 0.338 e. The molecule has 6 nitrogen and oxygen atoms in total. The third-order valence-corrected chi connectivity index (χ3v) is 4.40. The van der Waals surface area contributed by atoms with Crippen LogP contribution in [0.4, 0.5) is 0 Å². The molecule has 0 saturated heterocycles. The number of nitrogens with zero attached hydrogens (tertiary/aromatic N) is 1. The van der Waals surface area contributed by atoms with Crippen molar-refractivity contribution in [3.05, 3.63) is 41.5 Å². The molecule has 0 aliphatic carbocycles. The Labute approximate surface area is 158 Å². The average Bonchev–Trinajstić information content (AvgIpc) is 3.08. The Hall–Kier alpha value is -3.02.